The topological polar surface area (TPSA) is 57.5 Å². The van der Waals surface area contributed by atoms with Crippen LogP contribution in [0.5, 0.6) is 0 Å². The Kier molecular flexibility index (Phi) is 5.26. The summed E-state index contributed by atoms with van der Waals surface area (Å²) in [6.07, 6.45) is 5.77. The van der Waals surface area contributed by atoms with Crippen molar-refractivity contribution < 1.29 is 9.15 Å². The molecule has 2 aromatic heterocycles. The number of hydrogen-bond donors (Lipinski definition) is 1. The summed E-state index contributed by atoms with van der Waals surface area (Å²) in [7, 11) is 0. The first-order valence-corrected chi connectivity index (χ1v) is 10.9. The van der Waals surface area contributed by atoms with Crippen LogP contribution in [0.4, 0.5) is 0 Å². The highest BCUT2D eigenvalue weighted by molar-refractivity contribution is 5.22. The molecule has 1 aliphatic carbocycles. The second kappa shape index (κ2) is 8.01. The van der Waals surface area contributed by atoms with Gasteiger partial charge in [0.15, 0.2) is 0 Å². The third-order valence-corrected chi connectivity index (χ3v) is 6.70. The summed E-state index contributed by atoms with van der Waals surface area (Å²) < 4.78 is 11.6. The lowest BCUT2D eigenvalue weighted by Crippen LogP contribution is -2.37. The zero-order valence-electron chi connectivity index (χ0n) is 16.9. The molecule has 6 nitrogen and oxygen atoms in total. The van der Waals surface area contributed by atoms with Gasteiger partial charge in [-0.05, 0) is 43.9 Å². The van der Waals surface area contributed by atoms with Crippen LogP contribution in [-0.4, -0.2) is 59.4 Å². The zero-order valence-corrected chi connectivity index (χ0v) is 16.9. The fraction of sp³-hybridized carbons (Fsp3) is 0.682. The lowest BCUT2D eigenvalue weighted by atomic mass is 9.92. The normalized spacial score (nSPS) is 29.2. The van der Waals surface area contributed by atoms with Gasteiger partial charge in [-0.15, -0.1) is 0 Å². The van der Waals surface area contributed by atoms with E-state index in [0.29, 0.717) is 11.8 Å². The maximum Gasteiger partial charge on any atom is 0.118 e. The first kappa shape index (κ1) is 18.4. The minimum absolute atomic E-state index is 0.533. The quantitative estimate of drug-likeness (QED) is 0.828. The van der Waals surface area contributed by atoms with Crippen molar-refractivity contribution in [2.75, 3.05) is 39.4 Å². The van der Waals surface area contributed by atoms with Crippen molar-refractivity contribution in [1.29, 1.82) is 0 Å². The number of rotatable bonds is 6. The summed E-state index contributed by atoms with van der Waals surface area (Å²) in [6, 6.07) is 4.38. The van der Waals surface area contributed by atoms with Gasteiger partial charge in [0.1, 0.15) is 11.5 Å². The highest BCUT2D eigenvalue weighted by Crippen LogP contribution is 2.47. The van der Waals surface area contributed by atoms with Crippen molar-refractivity contribution in [3.05, 3.63) is 41.1 Å². The number of furan rings is 1. The van der Waals surface area contributed by atoms with E-state index in [1.807, 2.05) is 6.20 Å². The molecule has 1 N–H and O–H groups in total. The van der Waals surface area contributed by atoms with E-state index < -0.39 is 0 Å². The molecule has 28 heavy (non-hydrogen) atoms. The van der Waals surface area contributed by atoms with Gasteiger partial charge in [0.05, 0.1) is 26.0 Å². The SMILES string of the molecule is C[C@@H]1C[C@@H]1c1ccc(CN2CCC[C@H](c3[nH]ncc3CN3CCOCC3)C2)o1. The molecule has 5 rings (SSSR count). The van der Waals surface area contributed by atoms with Gasteiger partial charge in [0.25, 0.3) is 0 Å². The van der Waals surface area contributed by atoms with Crippen molar-refractivity contribution in [2.24, 2.45) is 5.92 Å². The van der Waals surface area contributed by atoms with Crippen LogP contribution in [0, 0.1) is 5.92 Å². The molecule has 2 aliphatic heterocycles. The molecule has 4 heterocycles. The summed E-state index contributed by atoms with van der Waals surface area (Å²) in [5, 5.41) is 7.71. The smallest absolute Gasteiger partial charge is 0.118 e. The Bertz CT molecular complexity index is 779. The van der Waals surface area contributed by atoms with Crippen LogP contribution in [0.25, 0.3) is 0 Å². The number of nitrogens with zero attached hydrogens (tertiary/aromatic N) is 3. The van der Waals surface area contributed by atoms with Gasteiger partial charge >= 0.3 is 0 Å². The first-order chi connectivity index (χ1) is 13.8. The van der Waals surface area contributed by atoms with Gasteiger partial charge in [0, 0.05) is 49.3 Å². The minimum atomic E-state index is 0.533. The van der Waals surface area contributed by atoms with E-state index >= 15 is 0 Å². The molecule has 152 valence electrons. The van der Waals surface area contributed by atoms with Crippen molar-refractivity contribution in [3.63, 3.8) is 0 Å². The summed E-state index contributed by atoms with van der Waals surface area (Å²) >= 11 is 0. The summed E-state index contributed by atoms with van der Waals surface area (Å²) in [6.45, 7) is 10.2. The third-order valence-electron chi connectivity index (χ3n) is 6.70. The summed E-state index contributed by atoms with van der Waals surface area (Å²) in [5.41, 5.74) is 2.69. The summed E-state index contributed by atoms with van der Waals surface area (Å²) in [4.78, 5) is 5.02. The number of H-pyrrole nitrogens is 1. The maximum absolute atomic E-state index is 6.15. The Morgan fingerprint density at radius 1 is 1.14 bits per heavy atom. The Morgan fingerprint density at radius 3 is 2.82 bits per heavy atom. The highest BCUT2D eigenvalue weighted by atomic mass is 16.5. The van der Waals surface area contributed by atoms with Crippen molar-refractivity contribution in [2.45, 2.75) is 51.1 Å². The molecule has 0 unspecified atom stereocenters. The Labute approximate surface area is 167 Å². The van der Waals surface area contributed by atoms with Crippen LogP contribution in [0.2, 0.25) is 0 Å². The fourth-order valence-electron chi connectivity index (χ4n) is 4.85. The van der Waals surface area contributed by atoms with Crippen molar-refractivity contribution in [1.82, 2.24) is 20.0 Å². The Morgan fingerprint density at radius 2 is 2.00 bits per heavy atom. The molecule has 3 atom stereocenters. The number of morpholine rings is 1. The molecular formula is C22H32N4O2. The number of likely N-dealkylation sites (tertiary alicyclic amines) is 1. The lowest BCUT2D eigenvalue weighted by Gasteiger charge is -2.33. The number of piperidine rings is 1. The number of hydrogen-bond acceptors (Lipinski definition) is 5. The molecule has 0 spiro atoms. The standard InChI is InChI=1S/C22H32N4O2/c1-16-11-20(16)21-5-4-19(28-21)15-26-6-2-3-17(13-26)22-18(12-23-24-22)14-25-7-9-27-10-8-25/h4-5,12,16-17,20H,2-3,6-11,13-15H2,1H3,(H,23,24)/t16-,17+,20+/m1/s1. The Hall–Kier alpha value is -1.63. The van der Waals surface area contributed by atoms with Crippen LogP contribution in [0.3, 0.4) is 0 Å². The maximum atomic E-state index is 6.15. The fourth-order valence-corrected chi connectivity index (χ4v) is 4.85. The van der Waals surface area contributed by atoms with Crippen LogP contribution < -0.4 is 0 Å². The second-order valence-electron chi connectivity index (χ2n) is 8.90. The van der Waals surface area contributed by atoms with E-state index in [1.165, 1.54) is 36.3 Å². The number of nitrogens with one attached hydrogen (secondary N) is 1. The van der Waals surface area contributed by atoms with E-state index in [-0.39, 0.29) is 0 Å². The lowest BCUT2D eigenvalue weighted by molar-refractivity contribution is 0.0339. The molecule has 0 bridgehead atoms. The van der Waals surface area contributed by atoms with Gasteiger partial charge < -0.3 is 9.15 Å². The molecule has 0 aromatic carbocycles. The molecular weight excluding hydrogens is 352 g/mol. The molecule has 2 saturated heterocycles. The molecule has 1 saturated carbocycles. The molecule has 3 fully saturated rings. The number of ether oxygens (including phenoxy) is 1. The molecule has 6 heteroatoms. The van der Waals surface area contributed by atoms with E-state index in [9.17, 15) is 0 Å². The zero-order chi connectivity index (χ0) is 18.9. The van der Waals surface area contributed by atoms with E-state index in [0.717, 1.165) is 64.2 Å². The van der Waals surface area contributed by atoms with Crippen molar-refractivity contribution in [3.8, 4) is 0 Å². The van der Waals surface area contributed by atoms with Gasteiger partial charge in [-0.3, -0.25) is 14.9 Å². The first-order valence-electron chi connectivity index (χ1n) is 10.9. The van der Waals surface area contributed by atoms with Crippen LogP contribution in [0.15, 0.2) is 22.7 Å². The largest absolute Gasteiger partial charge is 0.464 e. The summed E-state index contributed by atoms with van der Waals surface area (Å²) in [5.74, 6) is 4.30. The molecule has 2 aromatic rings. The molecule has 0 radical (unpaired) electrons. The van der Waals surface area contributed by atoms with E-state index in [4.69, 9.17) is 9.15 Å². The van der Waals surface area contributed by atoms with Crippen LogP contribution in [-0.2, 0) is 17.8 Å². The van der Waals surface area contributed by atoms with Crippen LogP contribution in [0.1, 0.15) is 60.8 Å². The second-order valence-corrected chi connectivity index (χ2v) is 8.90. The van der Waals surface area contributed by atoms with Crippen molar-refractivity contribution >= 4 is 0 Å². The predicted octanol–water partition coefficient (Wildman–Crippen LogP) is 3.34. The average molecular weight is 385 g/mol. The number of aromatic amines is 1. The van der Waals surface area contributed by atoms with Gasteiger partial charge in [0.2, 0.25) is 0 Å². The predicted molar refractivity (Wildman–Crippen MR) is 107 cm³/mol. The minimum Gasteiger partial charge on any atom is -0.464 e. The van der Waals surface area contributed by atoms with E-state index in [1.54, 1.807) is 0 Å². The van der Waals surface area contributed by atoms with Gasteiger partial charge in [-0.1, -0.05) is 6.92 Å². The van der Waals surface area contributed by atoms with E-state index in [2.05, 4.69) is 39.1 Å². The molecule has 0 amide bonds. The molecule has 3 aliphatic rings. The monoisotopic (exact) mass is 384 g/mol. The average Bonchev–Trinajstić information content (AvgIpc) is 3.09. The highest BCUT2D eigenvalue weighted by Gasteiger charge is 2.36. The van der Waals surface area contributed by atoms with Gasteiger partial charge in [-0.25, -0.2) is 0 Å². The van der Waals surface area contributed by atoms with Crippen LogP contribution >= 0.6 is 0 Å². The number of aromatic nitrogens is 2. The third kappa shape index (κ3) is 4.04. The Balaban J connectivity index is 1.21. The van der Waals surface area contributed by atoms with Gasteiger partial charge in [-0.2, -0.15) is 5.10 Å².